The van der Waals surface area contributed by atoms with Crippen molar-refractivity contribution in [2.24, 2.45) is 5.73 Å². The highest BCUT2D eigenvalue weighted by molar-refractivity contribution is 8.00. The van der Waals surface area contributed by atoms with E-state index in [-0.39, 0.29) is 11.2 Å². The predicted octanol–water partition coefficient (Wildman–Crippen LogP) is 3.03. The fourth-order valence-electron chi connectivity index (χ4n) is 1.97. The minimum Gasteiger partial charge on any atom is -0.497 e. The number of thioether (sulfide) groups is 1. The molecule has 22 heavy (non-hydrogen) atoms. The molecule has 0 aliphatic rings. The lowest BCUT2D eigenvalue weighted by molar-refractivity contribution is -0.117. The summed E-state index contributed by atoms with van der Waals surface area (Å²) in [6.07, 6.45) is 0. The highest BCUT2D eigenvalue weighted by Gasteiger charge is 2.17. The van der Waals surface area contributed by atoms with Crippen molar-refractivity contribution in [2.75, 3.05) is 19.5 Å². The van der Waals surface area contributed by atoms with Gasteiger partial charge in [-0.25, -0.2) is 0 Å². The van der Waals surface area contributed by atoms with E-state index in [0.29, 0.717) is 12.4 Å². The summed E-state index contributed by atoms with van der Waals surface area (Å²) in [5.74, 6) is 1.91. The molecule has 5 heteroatoms. The Morgan fingerprint density at radius 2 is 1.73 bits per heavy atom. The summed E-state index contributed by atoms with van der Waals surface area (Å²) in [6, 6.07) is 16.9. The van der Waals surface area contributed by atoms with Crippen LogP contribution in [0, 0.1) is 0 Å². The van der Waals surface area contributed by atoms with E-state index in [4.69, 9.17) is 15.2 Å². The van der Waals surface area contributed by atoms with Gasteiger partial charge in [-0.1, -0.05) is 30.3 Å². The molecule has 0 radical (unpaired) electrons. The van der Waals surface area contributed by atoms with E-state index in [1.54, 1.807) is 7.11 Å². The number of carbonyl (C=O) groups excluding carboxylic acids is 1. The first-order valence-electron chi connectivity index (χ1n) is 6.93. The third-order valence-electron chi connectivity index (χ3n) is 3.06. The Hall–Kier alpha value is -2.14. The van der Waals surface area contributed by atoms with Gasteiger partial charge in [-0.15, -0.1) is 11.8 Å². The number of primary amides is 1. The molecule has 2 aromatic rings. The number of hydrogen-bond donors (Lipinski definition) is 1. The smallest absolute Gasteiger partial charge is 0.235 e. The van der Waals surface area contributed by atoms with E-state index < -0.39 is 0 Å². The number of nitrogens with two attached hydrogens (primary N) is 1. The van der Waals surface area contributed by atoms with Crippen molar-refractivity contribution in [1.82, 2.24) is 0 Å². The molecule has 2 aromatic carbocycles. The number of hydrogen-bond acceptors (Lipinski definition) is 4. The lowest BCUT2D eigenvalue weighted by Gasteiger charge is -2.14. The van der Waals surface area contributed by atoms with Gasteiger partial charge in [0.25, 0.3) is 0 Å². The third kappa shape index (κ3) is 4.70. The van der Waals surface area contributed by atoms with Gasteiger partial charge in [-0.3, -0.25) is 4.79 Å². The predicted molar refractivity (Wildman–Crippen MR) is 89.3 cm³/mol. The number of benzene rings is 2. The Labute approximate surface area is 134 Å². The van der Waals surface area contributed by atoms with Gasteiger partial charge in [0.15, 0.2) is 0 Å². The second kappa shape index (κ2) is 8.34. The van der Waals surface area contributed by atoms with Crippen LogP contribution in [-0.2, 0) is 4.79 Å². The van der Waals surface area contributed by atoms with Crippen LogP contribution in [0.1, 0.15) is 10.8 Å². The Kier molecular flexibility index (Phi) is 6.15. The highest BCUT2D eigenvalue weighted by Crippen LogP contribution is 2.28. The molecule has 0 heterocycles. The maximum Gasteiger partial charge on any atom is 0.235 e. The van der Waals surface area contributed by atoms with Crippen molar-refractivity contribution in [3.63, 3.8) is 0 Å². The molecule has 2 rings (SSSR count). The molecule has 0 aliphatic heterocycles. The lowest BCUT2D eigenvalue weighted by atomic mass is 10.1. The number of carbonyl (C=O) groups is 1. The molecule has 116 valence electrons. The summed E-state index contributed by atoms with van der Waals surface area (Å²) >= 11 is 1.49. The van der Waals surface area contributed by atoms with Crippen LogP contribution in [0.3, 0.4) is 0 Å². The van der Waals surface area contributed by atoms with Gasteiger partial charge in [-0.2, -0.15) is 0 Å². The highest BCUT2D eigenvalue weighted by atomic mass is 32.2. The second-order valence-corrected chi connectivity index (χ2v) is 5.80. The molecule has 0 saturated carbocycles. The molecule has 0 aliphatic carbocycles. The number of amides is 1. The molecule has 2 N–H and O–H groups in total. The molecule has 1 atom stereocenters. The van der Waals surface area contributed by atoms with Crippen molar-refractivity contribution < 1.29 is 14.3 Å². The van der Waals surface area contributed by atoms with Crippen LogP contribution in [0.4, 0.5) is 0 Å². The van der Waals surface area contributed by atoms with Crippen molar-refractivity contribution >= 4 is 17.7 Å². The van der Waals surface area contributed by atoms with Crippen molar-refractivity contribution in [3.8, 4) is 11.5 Å². The standard InChI is InChI=1S/C17H19NO3S/c1-20-14-7-9-15(10-8-14)21-11-12-22-16(17(18)19)13-5-3-2-4-6-13/h2-10,16H,11-12H2,1H3,(H2,18,19)/t16-/m1/s1. The Morgan fingerprint density at radius 1 is 1.09 bits per heavy atom. The second-order valence-electron chi connectivity index (χ2n) is 4.59. The lowest BCUT2D eigenvalue weighted by Crippen LogP contribution is -2.20. The molecule has 0 fully saturated rings. The van der Waals surface area contributed by atoms with E-state index in [1.807, 2.05) is 54.6 Å². The normalized spacial score (nSPS) is 11.7. The summed E-state index contributed by atoms with van der Waals surface area (Å²) < 4.78 is 10.7. The van der Waals surface area contributed by atoms with Crippen LogP contribution < -0.4 is 15.2 Å². The average molecular weight is 317 g/mol. The molecular weight excluding hydrogens is 298 g/mol. The van der Waals surface area contributed by atoms with Crippen LogP contribution >= 0.6 is 11.8 Å². The SMILES string of the molecule is COc1ccc(OCCS[C@@H](C(N)=O)c2ccccc2)cc1. The Morgan fingerprint density at radius 3 is 2.32 bits per heavy atom. The maximum absolute atomic E-state index is 11.6. The van der Waals surface area contributed by atoms with Gasteiger partial charge >= 0.3 is 0 Å². The summed E-state index contributed by atoms with van der Waals surface area (Å²) in [4.78, 5) is 11.6. The van der Waals surface area contributed by atoms with Gasteiger partial charge in [-0.05, 0) is 29.8 Å². The first-order chi connectivity index (χ1) is 10.7. The van der Waals surface area contributed by atoms with Crippen molar-refractivity contribution in [3.05, 3.63) is 60.2 Å². The zero-order valence-electron chi connectivity index (χ0n) is 12.4. The molecule has 1 amide bonds. The molecule has 0 bridgehead atoms. The first kappa shape index (κ1) is 16.2. The number of ether oxygens (including phenoxy) is 2. The molecule has 0 aromatic heterocycles. The van der Waals surface area contributed by atoms with Crippen molar-refractivity contribution in [2.45, 2.75) is 5.25 Å². The van der Waals surface area contributed by atoms with Crippen LogP contribution in [-0.4, -0.2) is 25.4 Å². The molecule has 0 saturated heterocycles. The minimum atomic E-state index is -0.347. The molecular formula is C17H19NO3S. The molecule has 0 spiro atoms. The third-order valence-corrected chi connectivity index (χ3v) is 4.30. The van der Waals surface area contributed by atoms with E-state index in [0.717, 1.165) is 17.1 Å². The zero-order chi connectivity index (χ0) is 15.8. The van der Waals surface area contributed by atoms with Gasteiger partial charge in [0.05, 0.1) is 13.7 Å². The Bertz CT molecular complexity index is 587. The van der Waals surface area contributed by atoms with Gasteiger partial charge in [0.1, 0.15) is 16.7 Å². The fourth-order valence-corrected chi connectivity index (χ4v) is 2.90. The summed E-state index contributed by atoms with van der Waals surface area (Å²) in [5, 5.41) is -0.347. The van der Waals surface area contributed by atoms with Crippen LogP contribution in [0.5, 0.6) is 11.5 Å². The van der Waals surface area contributed by atoms with E-state index in [9.17, 15) is 4.79 Å². The maximum atomic E-state index is 11.6. The first-order valence-corrected chi connectivity index (χ1v) is 7.98. The topological polar surface area (TPSA) is 61.6 Å². The Balaban J connectivity index is 1.82. The minimum absolute atomic E-state index is 0.333. The van der Waals surface area contributed by atoms with E-state index in [2.05, 4.69) is 0 Å². The number of rotatable bonds is 8. The van der Waals surface area contributed by atoms with Crippen molar-refractivity contribution in [1.29, 1.82) is 0 Å². The summed E-state index contributed by atoms with van der Waals surface area (Å²) in [5.41, 5.74) is 6.40. The van der Waals surface area contributed by atoms with Gasteiger partial charge in [0, 0.05) is 5.75 Å². The number of methoxy groups -OCH3 is 1. The van der Waals surface area contributed by atoms with E-state index >= 15 is 0 Å². The molecule has 4 nitrogen and oxygen atoms in total. The van der Waals surface area contributed by atoms with Crippen LogP contribution in [0.25, 0.3) is 0 Å². The van der Waals surface area contributed by atoms with E-state index in [1.165, 1.54) is 11.8 Å². The van der Waals surface area contributed by atoms with Crippen LogP contribution in [0.15, 0.2) is 54.6 Å². The summed E-state index contributed by atoms with van der Waals surface area (Å²) in [7, 11) is 1.63. The largest absolute Gasteiger partial charge is 0.497 e. The quantitative estimate of drug-likeness (QED) is 0.760. The van der Waals surface area contributed by atoms with Gasteiger partial charge in [0.2, 0.25) is 5.91 Å². The zero-order valence-corrected chi connectivity index (χ0v) is 13.2. The van der Waals surface area contributed by atoms with Gasteiger partial charge < -0.3 is 15.2 Å². The summed E-state index contributed by atoms with van der Waals surface area (Å²) in [6.45, 7) is 0.508. The average Bonchev–Trinajstić information content (AvgIpc) is 2.56. The monoisotopic (exact) mass is 317 g/mol. The fraction of sp³-hybridized carbons (Fsp3) is 0.235. The molecule has 0 unspecified atom stereocenters. The van der Waals surface area contributed by atoms with Crippen LogP contribution in [0.2, 0.25) is 0 Å².